The predicted octanol–water partition coefficient (Wildman–Crippen LogP) is 0.152. The second-order valence-corrected chi connectivity index (χ2v) is 4.54. The maximum atomic E-state index is 12.0. The van der Waals surface area contributed by atoms with E-state index in [2.05, 4.69) is 4.98 Å². The van der Waals surface area contributed by atoms with Gasteiger partial charge in [0.1, 0.15) is 0 Å². The molecule has 1 aromatic rings. The highest BCUT2D eigenvalue weighted by molar-refractivity contribution is 5.76. The van der Waals surface area contributed by atoms with E-state index in [0.29, 0.717) is 39.3 Å². The first-order valence-electron chi connectivity index (χ1n) is 6.29. The van der Waals surface area contributed by atoms with E-state index in [1.54, 1.807) is 12.5 Å². The van der Waals surface area contributed by atoms with Crippen molar-refractivity contribution < 1.29 is 9.53 Å². The lowest BCUT2D eigenvalue weighted by atomic mass is 10.2. The number of nitrogens with zero attached hydrogens (tertiary/aromatic N) is 3. The van der Waals surface area contributed by atoms with Crippen molar-refractivity contribution >= 4 is 5.91 Å². The Kier molecular flexibility index (Phi) is 4.33. The number of nitrogens with two attached hydrogens (primary N) is 1. The van der Waals surface area contributed by atoms with Gasteiger partial charge < -0.3 is 19.9 Å². The molecule has 6 heteroatoms. The third kappa shape index (κ3) is 3.08. The molecular weight excluding hydrogens is 232 g/mol. The van der Waals surface area contributed by atoms with Crippen LogP contribution in [-0.4, -0.2) is 46.7 Å². The molecule has 1 saturated heterocycles. The van der Waals surface area contributed by atoms with E-state index < -0.39 is 0 Å². The molecule has 1 aromatic heterocycles. The van der Waals surface area contributed by atoms with Gasteiger partial charge in [-0.1, -0.05) is 0 Å². The zero-order chi connectivity index (χ0) is 13.0. The monoisotopic (exact) mass is 252 g/mol. The first-order valence-corrected chi connectivity index (χ1v) is 6.29. The summed E-state index contributed by atoms with van der Waals surface area (Å²) in [5.74, 6) is 0.169. The number of rotatable bonds is 4. The van der Waals surface area contributed by atoms with E-state index in [1.165, 1.54) is 0 Å². The highest BCUT2D eigenvalue weighted by Crippen LogP contribution is 2.10. The lowest BCUT2D eigenvalue weighted by molar-refractivity contribution is -0.135. The lowest BCUT2D eigenvalue weighted by Gasteiger charge is -2.27. The van der Waals surface area contributed by atoms with Crippen molar-refractivity contribution in [1.29, 1.82) is 0 Å². The van der Waals surface area contributed by atoms with Gasteiger partial charge in [0.05, 0.1) is 25.2 Å². The fourth-order valence-corrected chi connectivity index (χ4v) is 2.08. The molecule has 0 unspecified atom stereocenters. The second kappa shape index (κ2) is 5.97. The van der Waals surface area contributed by atoms with Crippen LogP contribution in [0.4, 0.5) is 0 Å². The summed E-state index contributed by atoms with van der Waals surface area (Å²) < 4.78 is 7.17. The van der Waals surface area contributed by atoms with Gasteiger partial charge >= 0.3 is 0 Å². The molecule has 0 bridgehead atoms. The topological polar surface area (TPSA) is 73.4 Å². The van der Waals surface area contributed by atoms with Crippen molar-refractivity contribution in [2.45, 2.75) is 25.9 Å². The number of carbonyl (C=O) groups is 1. The largest absolute Gasteiger partial charge is 0.378 e. The minimum Gasteiger partial charge on any atom is -0.378 e. The third-order valence-corrected chi connectivity index (χ3v) is 3.14. The number of carbonyl (C=O) groups excluding carboxylic acids is 1. The highest BCUT2D eigenvalue weighted by Gasteiger charge is 2.17. The van der Waals surface area contributed by atoms with Crippen molar-refractivity contribution in [3.8, 4) is 0 Å². The van der Waals surface area contributed by atoms with E-state index in [1.807, 2.05) is 16.4 Å². The highest BCUT2D eigenvalue weighted by atomic mass is 16.5. The molecule has 1 aliphatic rings. The average Bonchev–Trinajstić information content (AvgIpc) is 2.85. The van der Waals surface area contributed by atoms with Gasteiger partial charge in [0.2, 0.25) is 5.91 Å². The average molecular weight is 252 g/mol. The number of hydrogen-bond acceptors (Lipinski definition) is 4. The van der Waals surface area contributed by atoms with E-state index in [-0.39, 0.29) is 11.9 Å². The molecule has 0 spiro atoms. The van der Waals surface area contributed by atoms with Gasteiger partial charge in [-0.25, -0.2) is 4.98 Å². The van der Waals surface area contributed by atoms with Crippen LogP contribution in [0.3, 0.4) is 0 Å². The molecule has 0 radical (unpaired) electrons. The van der Waals surface area contributed by atoms with Crippen LogP contribution in [0.5, 0.6) is 0 Å². The van der Waals surface area contributed by atoms with Gasteiger partial charge in [0.25, 0.3) is 0 Å². The lowest BCUT2D eigenvalue weighted by Crippen LogP contribution is -2.41. The molecule has 2 heterocycles. The quantitative estimate of drug-likeness (QED) is 0.828. The van der Waals surface area contributed by atoms with Crippen molar-refractivity contribution in [1.82, 2.24) is 14.5 Å². The fourth-order valence-electron chi connectivity index (χ4n) is 2.08. The van der Waals surface area contributed by atoms with Crippen LogP contribution in [0, 0.1) is 0 Å². The van der Waals surface area contributed by atoms with Crippen LogP contribution in [0.25, 0.3) is 0 Å². The van der Waals surface area contributed by atoms with E-state index >= 15 is 0 Å². The maximum absolute atomic E-state index is 12.0. The van der Waals surface area contributed by atoms with Crippen molar-refractivity contribution in [2.24, 2.45) is 5.73 Å². The van der Waals surface area contributed by atoms with E-state index in [0.717, 1.165) is 5.69 Å². The zero-order valence-corrected chi connectivity index (χ0v) is 10.7. The number of morpholine rings is 1. The number of aromatic nitrogens is 2. The number of ether oxygens (including phenoxy) is 1. The van der Waals surface area contributed by atoms with Gasteiger partial charge in [-0.05, 0) is 6.92 Å². The molecule has 18 heavy (non-hydrogen) atoms. The Morgan fingerprint density at radius 2 is 2.28 bits per heavy atom. The maximum Gasteiger partial charge on any atom is 0.224 e. The van der Waals surface area contributed by atoms with Gasteiger partial charge in [0.15, 0.2) is 0 Å². The Morgan fingerprint density at radius 1 is 1.56 bits per heavy atom. The summed E-state index contributed by atoms with van der Waals surface area (Å²) in [6.07, 6.45) is 3.96. The number of imidazole rings is 1. The molecule has 0 saturated carbocycles. The molecule has 2 rings (SSSR count). The van der Waals surface area contributed by atoms with Gasteiger partial charge in [0, 0.05) is 38.3 Å². The van der Waals surface area contributed by atoms with Crippen LogP contribution in [0.15, 0.2) is 12.5 Å². The number of hydrogen-bond donors (Lipinski definition) is 1. The zero-order valence-electron chi connectivity index (χ0n) is 10.7. The summed E-state index contributed by atoms with van der Waals surface area (Å²) in [5.41, 5.74) is 6.80. The fraction of sp³-hybridized carbons (Fsp3) is 0.667. The van der Waals surface area contributed by atoms with E-state index in [9.17, 15) is 4.79 Å². The minimum absolute atomic E-state index is 0.0639. The summed E-state index contributed by atoms with van der Waals surface area (Å²) in [6.45, 7) is 5.22. The molecule has 0 aromatic carbocycles. The number of aryl methyl sites for hydroxylation is 1. The van der Waals surface area contributed by atoms with Gasteiger partial charge in [-0.2, -0.15) is 0 Å². The molecule has 100 valence electrons. The van der Waals surface area contributed by atoms with E-state index in [4.69, 9.17) is 10.5 Å². The Bertz CT molecular complexity index is 397. The third-order valence-electron chi connectivity index (χ3n) is 3.14. The predicted molar refractivity (Wildman–Crippen MR) is 66.8 cm³/mol. The summed E-state index contributed by atoms with van der Waals surface area (Å²) in [4.78, 5) is 17.9. The Hall–Kier alpha value is -1.40. The molecule has 6 nitrogen and oxygen atoms in total. The molecule has 1 fully saturated rings. The van der Waals surface area contributed by atoms with Crippen LogP contribution in [-0.2, 0) is 16.1 Å². The van der Waals surface area contributed by atoms with Crippen LogP contribution in [0.2, 0.25) is 0 Å². The number of amides is 1. The van der Waals surface area contributed by atoms with Crippen LogP contribution >= 0.6 is 0 Å². The Labute approximate surface area is 107 Å². The standard InChI is InChI=1S/C12H20N4O2/c1-10(13)11-8-14-9-16(11)3-2-12(17)15-4-6-18-7-5-15/h8-10H,2-7,13H2,1H3/t10-/m0/s1. The first-order chi connectivity index (χ1) is 8.68. The molecule has 0 aliphatic carbocycles. The van der Waals surface area contributed by atoms with Crippen molar-refractivity contribution in [3.05, 3.63) is 18.2 Å². The summed E-state index contributed by atoms with van der Waals surface area (Å²) >= 11 is 0. The van der Waals surface area contributed by atoms with Gasteiger partial charge in [-0.3, -0.25) is 4.79 Å². The Balaban J connectivity index is 1.86. The smallest absolute Gasteiger partial charge is 0.224 e. The summed E-state index contributed by atoms with van der Waals surface area (Å²) in [6, 6.07) is -0.0639. The van der Waals surface area contributed by atoms with Crippen LogP contribution in [0.1, 0.15) is 25.1 Å². The Morgan fingerprint density at radius 3 is 2.94 bits per heavy atom. The molecule has 2 N–H and O–H groups in total. The minimum atomic E-state index is -0.0639. The SMILES string of the molecule is C[C@H](N)c1cncn1CCC(=O)N1CCOCC1. The molecule has 1 aliphatic heterocycles. The second-order valence-electron chi connectivity index (χ2n) is 4.54. The van der Waals surface area contributed by atoms with Crippen LogP contribution < -0.4 is 5.73 Å². The summed E-state index contributed by atoms with van der Waals surface area (Å²) in [7, 11) is 0. The molecule has 1 amide bonds. The van der Waals surface area contributed by atoms with Gasteiger partial charge in [-0.15, -0.1) is 0 Å². The van der Waals surface area contributed by atoms with Crippen molar-refractivity contribution in [3.63, 3.8) is 0 Å². The normalized spacial score (nSPS) is 17.8. The molecule has 1 atom stereocenters. The van der Waals surface area contributed by atoms with Crippen molar-refractivity contribution in [2.75, 3.05) is 26.3 Å². The molecular formula is C12H20N4O2. The first kappa shape index (κ1) is 13.0. The summed E-state index contributed by atoms with van der Waals surface area (Å²) in [5, 5.41) is 0.